The highest BCUT2D eigenvalue weighted by Gasteiger charge is 2.27. The molecule has 2 aromatic heterocycles. The molecular formula is C19H24N4O. The first-order valence-electron chi connectivity index (χ1n) is 8.19. The maximum absolute atomic E-state index is 12.7. The Hall–Kier alpha value is -2.56. The summed E-state index contributed by atoms with van der Waals surface area (Å²) in [7, 11) is 5.63. The summed E-state index contributed by atoms with van der Waals surface area (Å²) in [6, 6.07) is 8.13. The van der Waals surface area contributed by atoms with Crippen LogP contribution in [0.4, 0.5) is 0 Å². The second kappa shape index (κ2) is 6.15. The van der Waals surface area contributed by atoms with Gasteiger partial charge in [-0.3, -0.25) is 4.79 Å². The van der Waals surface area contributed by atoms with Gasteiger partial charge in [-0.25, -0.2) is 4.98 Å². The van der Waals surface area contributed by atoms with E-state index >= 15 is 0 Å². The molecule has 0 N–H and O–H groups in total. The monoisotopic (exact) mass is 324 g/mol. The number of benzene rings is 1. The van der Waals surface area contributed by atoms with E-state index < -0.39 is 0 Å². The lowest BCUT2D eigenvalue weighted by molar-refractivity contribution is -0.133. The Morgan fingerprint density at radius 2 is 1.92 bits per heavy atom. The number of carbonyl (C=O) groups excluding carboxylic acids is 1. The van der Waals surface area contributed by atoms with Crippen LogP contribution in [0.1, 0.15) is 19.9 Å². The average molecular weight is 324 g/mol. The fourth-order valence-electron chi connectivity index (χ4n) is 3.17. The lowest BCUT2D eigenvalue weighted by Crippen LogP contribution is -2.34. The lowest BCUT2D eigenvalue weighted by Gasteiger charge is -2.26. The van der Waals surface area contributed by atoms with Crippen molar-refractivity contribution >= 4 is 16.8 Å². The second-order valence-electron chi connectivity index (χ2n) is 6.78. The van der Waals surface area contributed by atoms with E-state index in [1.807, 2.05) is 24.0 Å². The third-order valence-corrected chi connectivity index (χ3v) is 4.44. The molecule has 1 unspecified atom stereocenters. The van der Waals surface area contributed by atoms with Crippen molar-refractivity contribution in [2.45, 2.75) is 19.9 Å². The molecule has 5 nitrogen and oxygen atoms in total. The third kappa shape index (κ3) is 2.70. The summed E-state index contributed by atoms with van der Waals surface area (Å²) in [5, 5.41) is 1.17. The molecule has 0 radical (unpaired) electrons. The van der Waals surface area contributed by atoms with Crippen molar-refractivity contribution in [2.24, 2.45) is 13.0 Å². The van der Waals surface area contributed by atoms with Gasteiger partial charge in [0.2, 0.25) is 5.91 Å². The van der Waals surface area contributed by atoms with Crippen molar-refractivity contribution in [3.8, 4) is 11.4 Å². The molecule has 0 fully saturated rings. The van der Waals surface area contributed by atoms with Crippen LogP contribution in [-0.2, 0) is 11.8 Å². The van der Waals surface area contributed by atoms with Crippen molar-refractivity contribution in [3.05, 3.63) is 42.9 Å². The summed E-state index contributed by atoms with van der Waals surface area (Å²) in [5.74, 6) is 1.09. The topological polar surface area (TPSA) is 43.1 Å². The molecule has 1 amide bonds. The van der Waals surface area contributed by atoms with Gasteiger partial charge in [0.1, 0.15) is 11.9 Å². The van der Waals surface area contributed by atoms with Gasteiger partial charge in [-0.15, -0.1) is 0 Å². The second-order valence-corrected chi connectivity index (χ2v) is 6.78. The molecule has 24 heavy (non-hydrogen) atoms. The Bertz CT molecular complexity index is 873. The van der Waals surface area contributed by atoms with Gasteiger partial charge >= 0.3 is 0 Å². The summed E-state index contributed by atoms with van der Waals surface area (Å²) >= 11 is 0. The van der Waals surface area contributed by atoms with E-state index in [1.54, 1.807) is 25.2 Å². The van der Waals surface area contributed by atoms with Gasteiger partial charge in [-0.2, -0.15) is 0 Å². The van der Waals surface area contributed by atoms with Gasteiger partial charge < -0.3 is 14.0 Å². The smallest absolute Gasteiger partial charge is 0.245 e. The Morgan fingerprint density at radius 3 is 2.58 bits per heavy atom. The van der Waals surface area contributed by atoms with E-state index in [0.717, 1.165) is 11.4 Å². The first-order chi connectivity index (χ1) is 11.4. The summed E-state index contributed by atoms with van der Waals surface area (Å²) in [4.78, 5) is 18.8. The van der Waals surface area contributed by atoms with Crippen LogP contribution in [0.25, 0.3) is 22.3 Å². The van der Waals surface area contributed by atoms with Crippen molar-refractivity contribution in [1.82, 2.24) is 19.0 Å². The summed E-state index contributed by atoms with van der Waals surface area (Å²) in [6.45, 7) is 4.13. The third-order valence-electron chi connectivity index (χ3n) is 4.44. The van der Waals surface area contributed by atoms with Crippen molar-refractivity contribution in [2.75, 3.05) is 14.1 Å². The highest BCUT2D eigenvalue weighted by atomic mass is 16.2. The van der Waals surface area contributed by atoms with Crippen molar-refractivity contribution in [1.29, 1.82) is 0 Å². The Morgan fingerprint density at radius 1 is 1.17 bits per heavy atom. The molecule has 0 saturated heterocycles. The molecule has 2 heterocycles. The maximum atomic E-state index is 12.7. The molecule has 0 spiro atoms. The van der Waals surface area contributed by atoms with E-state index in [9.17, 15) is 4.79 Å². The molecule has 1 atom stereocenters. The fraction of sp³-hybridized carbons (Fsp3) is 0.368. The largest absolute Gasteiger partial charge is 0.351 e. The molecule has 0 bridgehead atoms. The molecule has 0 saturated carbocycles. The number of fused-ring (bicyclic) bond motifs is 1. The van der Waals surface area contributed by atoms with Crippen LogP contribution >= 0.6 is 0 Å². The number of hydrogen-bond acceptors (Lipinski definition) is 2. The Kier molecular flexibility index (Phi) is 4.18. The Balaban J connectivity index is 2.09. The van der Waals surface area contributed by atoms with Crippen LogP contribution < -0.4 is 0 Å². The van der Waals surface area contributed by atoms with Crippen LogP contribution in [0.3, 0.4) is 0 Å². The standard InChI is InChI=1S/C19H24N4O/c1-13(2)17(19(24)21(3)4)23-11-9-20-18(23)15-6-7-16-14(12-15)8-10-22(16)5/h6-13,17H,1-5H3. The number of hydrogen-bond donors (Lipinski definition) is 0. The minimum Gasteiger partial charge on any atom is -0.351 e. The van der Waals surface area contributed by atoms with Gasteiger partial charge in [0.05, 0.1) is 0 Å². The van der Waals surface area contributed by atoms with E-state index in [2.05, 4.69) is 47.7 Å². The highest BCUT2D eigenvalue weighted by Crippen LogP contribution is 2.29. The quantitative estimate of drug-likeness (QED) is 0.739. The number of nitrogens with zero attached hydrogens (tertiary/aromatic N) is 4. The van der Waals surface area contributed by atoms with E-state index in [-0.39, 0.29) is 17.9 Å². The van der Waals surface area contributed by atoms with Crippen molar-refractivity contribution in [3.63, 3.8) is 0 Å². The maximum Gasteiger partial charge on any atom is 0.245 e. The Labute approximate surface area is 142 Å². The number of amides is 1. The fourth-order valence-corrected chi connectivity index (χ4v) is 3.17. The first kappa shape index (κ1) is 16.3. The van der Waals surface area contributed by atoms with Gasteiger partial charge in [-0.1, -0.05) is 13.8 Å². The minimum atomic E-state index is -0.260. The first-order valence-corrected chi connectivity index (χ1v) is 8.19. The van der Waals surface area contributed by atoms with Gasteiger partial charge in [0.15, 0.2) is 0 Å². The molecule has 0 aliphatic heterocycles. The highest BCUT2D eigenvalue weighted by molar-refractivity contribution is 5.85. The SMILES string of the molecule is CC(C)C(C(=O)N(C)C)n1ccnc1-c1ccc2c(ccn2C)c1. The van der Waals surface area contributed by atoms with Crippen LogP contribution in [0.15, 0.2) is 42.9 Å². The van der Waals surface area contributed by atoms with Crippen LogP contribution in [-0.4, -0.2) is 39.0 Å². The van der Waals surface area contributed by atoms with Crippen molar-refractivity contribution < 1.29 is 4.79 Å². The predicted molar refractivity (Wildman–Crippen MR) is 96.7 cm³/mol. The number of likely N-dealkylation sites (N-methyl/N-ethyl adjacent to an activating group) is 1. The molecule has 3 aromatic rings. The van der Waals surface area contributed by atoms with Gasteiger partial charge in [0, 0.05) is 56.2 Å². The number of imidazole rings is 1. The zero-order valence-corrected chi connectivity index (χ0v) is 14.9. The van der Waals surface area contributed by atoms with Crippen LogP contribution in [0.2, 0.25) is 0 Å². The number of aromatic nitrogens is 3. The number of carbonyl (C=O) groups is 1. The average Bonchev–Trinajstić information content (AvgIpc) is 3.14. The van der Waals surface area contributed by atoms with Crippen LogP contribution in [0.5, 0.6) is 0 Å². The summed E-state index contributed by atoms with van der Waals surface area (Å²) in [6.07, 6.45) is 5.72. The molecule has 126 valence electrons. The molecule has 5 heteroatoms. The number of rotatable bonds is 4. The molecule has 0 aliphatic rings. The van der Waals surface area contributed by atoms with E-state index in [0.29, 0.717) is 0 Å². The summed E-state index contributed by atoms with van der Waals surface area (Å²) < 4.78 is 4.09. The minimum absolute atomic E-state index is 0.0880. The van der Waals surface area contributed by atoms with Gasteiger partial charge in [0.25, 0.3) is 0 Å². The zero-order chi connectivity index (χ0) is 17.4. The predicted octanol–water partition coefficient (Wildman–Crippen LogP) is 3.33. The zero-order valence-electron chi connectivity index (χ0n) is 14.9. The van der Waals surface area contributed by atoms with Gasteiger partial charge in [-0.05, 0) is 30.2 Å². The molecule has 1 aromatic carbocycles. The normalized spacial score (nSPS) is 12.8. The summed E-state index contributed by atoms with van der Waals surface area (Å²) in [5.41, 5.74) is 2.21. The molecule has 3 rings (SSSR count). The molecular weight excluding hydrogens is 300 g/mol. The van der Waals surface area contributed by atoms with E-state index in [4.69, 9.17) is 0 Å². The molecule has 0 aliphatic carbocycles. The lowest BCUT2D eigenvalue weighted by atomic mass is 10.0. The van der Waals surface area contributed by atoms with E-state index in [1.165, 1.54) is 10.9 Å². The number of aryl methyl sites for hydroxylation is 1. The van der Waals surface area contributed by atoms with Crippen LogP contribution in [0, 0.1) is 5.92 Å².